The van der Waals surface area contributed by atoms with E-state index in [2.05, 4.69) is 31.9 Å². The maximum Gasteiger partial charge on any atom is 0.261 e. The van der Waals surface area contributed by atoms with Gasteiger partial charge < -0.3 is 41.7 Å². The second-order valence-electron chi connectivity index (χ2n) is 22.8. The van der Waals surface area contributed by atoms with E-state index in [9.17, 15) is 57.5 Å². The molecule has 3 heterocycles. The summed E-state index contributed by atoms with van der Waals surface area (Å²) < 4.78 is 0. The van der Waals surface area contributed by atoms with Gasteiger partial charge in [0.2, 0.25) is 47.3 Å². The predicted molar refractivity (Wildman–Crippen MR) is 289 cm³/mol. The molecule has 12 amide bonds. The lowest BCUT2D eigenvalue weighted by molar-refractivity contribution is -0.143. The first kappa shape index (κ1) is 61.6. The fourth-order valence-electron chi connectivity index (χ4n) is 9.96. The molecule has 0 radical (unpaired) electrons. The number of imide groups is 2. The number of carbonyl (C=O) groups is 12. The Kier molecular flexibility index (Phi) is 20.5. The van der Waals surface area contributed by atoms with Gasteiger partial charge in [0.25, 0.3) is 23.6 Å². The highest BCUT2D eigenvalue weighted by atomic mass is 16.2. The van der Waals surface area contributed by atoms with Crippen molar-refractivity contribution < 1.29 is 57.5 Å². The lowest BCUT2D eigenvalue weighted by atomic mass is 9.86. The zero-order valence-corrected chi connectivity index (χ0v) is 47.6. The number of carbonyl (C=O) groups excluding carboxylic acids is 12. The van der Waals surface area contributed by atoms with Crippen LogP contribution in [0.15, 0.2) is 24.3 Å². The number of benzene rings is 2. The third kappa shape index (κ3) is 14.1. The van der Waals surface area contributed by atoms with Gasteiger partial charge in [-0.2, -0.15) is 0 Å². The molecule has 5 rings (SSSR count). The van der Waals surface area contributed by atoms with Crippen LogP contribution in [0.4, 0.5) is 0 Å². The van der Waals surface area contributed by atoms with E-state index in [1.807, 2.05) is 55.4 Å². The molecule has 2 aromatic rings. The largest absolute Gasteiger partial charge is 0.343 e. The fourth-order valence-corrected chi connectivity index (χ4v) is 9.96. The molecular formula is C56H80N10O12. The van der Waals surface area contributed by atoms with Crippen LogP contribution < -0.4 is 31.9 Å². The van der Waals surface area contributed by atoms with E-state index in [0.717, 1.165) is 19.6 Å². The van der Waals surface area contributed by atoms with Crippen LogP contribution in [0, 0.1) is 23.7 Å². The van der Waals surface area contributed by atoms with E-state index in [1.165, 1.54) is 66.2 Å². The van der Waals surface area contributed by atoms with Crippen LogP contribution in [0.25, 0.3) is 10.8 Å². The Balaban J connectivity index is 1.48. The molecule has 2 aromatic carbocycles. The SMILES string of the molecule is CC(C)C[C@H]1NC(=O)[C@H](C)N(C)C(=O)[C@@H](CC(C)C)NC(=O)[C@H](C)NC(=O)[C@@H](CC(C)C)NC(=O)[C@H](C)N(C)C(=O)[C@@H](CC(C)C)NC(=O)[C@H](CCCCN2C(=O)c3ccc4c5c(ccc(c35)C2=O)C(=O)N(C)C4=O)NC1=O. The molecule has 3 aliphatic rings. The van der Waals surface area contributed by atoms with Gasteiger partial charge in [-0.15, -0.1) is 0 Å². The lowest BCUT2D eigenvalue weighted by Crippen LogP contribution is -2.61. The monoisotopic (exact) mass is 1080 g/mol. The Bertz CT molecular complexity index is 2650. The molecular weight excluding hydrogens is 1000 g/mol. The van der Waals surface area contributed by atoms with Crippen LogP contribution in [0.2, 0.25) is 0 Å². The minimum atomic E-state index is -1.36. The van der Waals surface area contributed by atoms with Crippen molar-refractivity contribution in [1.82, 2.24) is 51.5 Å². The van der Waals surface area contributed by atoms with Crippen molar-refractivity contribution in [3.63, 3.8) is 0 Å². The van der Waals surface area contributed by atoms with Gasteiger partial charge in [0.15, 0.2) is 0 Å². The van der Waals surface area contributed by atoms with Crippen LogP contribution in [0.5, 0.6) is 0 Å². The second kappa shape index (κ2) is 25.9. The van der Waals surface area contributed by atoms with Crippen molar-refractivity contribution in [2.45, 2.75) is 169 Å². The number of likely N-dealkylation sites (N-methyl/N-ethyl adjacent to an activating group) is 2. The summed E-state index contributed by atoms with van der Waals surface area (Å²) in [6, 6.07) is -3.79. The van der Waals surface area contributed by atoms with Gasteiger partial charge in [0.05, 0.1) is 0 Å². The zero-order valence-electron chi connectivity index (χ0n) is 47.6. The van der Waals surface area contributed by atoms with Crippen molar-refractivity contribution in [2.75, 3.05) is 27.7 Å². The van der Waals surface area contributed by atoms with Crippen molar-refractivity contribution in [3.8, 4) is 0 Å². The second-order valence-corrected chi connectivity index (χ2v) is 22.8. The van der Waals surface area contributed by atoms with Crippen LogP contribution in [-0.4, -0.2) is 167 Å². The van der Waals surface area contributed by atoms with Crippen LogP contribution >= 0.6 is 0 Å². The number of amides is 12. The summed E-state index contributed by atoms with van der Waals surface area (Å²) >= 11 is 0. The van der Waals surface area contributed by atoms with Crippen LogP contribution in [-0.2, 0) is 38.4 Å². The van der Waals surface area contributed by atoms with E-state index in [4.69, 9.17) is 0 Å². The number of unbranched alkanes of at least 4 members (excludes halogenated alkanes) is 1. The van der Waals surface area contributed by atoms with Crippen LogP contribution in [0.1, 0.15) is 163 Å². The van der Waals surface area contributed by atoms with Gasteiger partial charge in [0, 0.05) is 60.7 Å². The van der Waals surface area contributed by atoms with Gasteiger partial charge >= 0.3 is 0 Å². The lowest BCUT2D eigenvalue weighted by Gasteiger charge is -2.33. The average Bonchev–Trinajstić information content (AvgIpc) is 3.53. The number of hydrogen-bond acceptors (Lipinski definition) is 12. The molecule has 0 aromatic heterocycles. The minimum Gasteiger partial charge on any atom is -0.343 e. The quantitative estimate of drug-likeness (QED) is 0.125. The first-order valence-electron chi connectivity index (χ1n) is 27.1. The Morgan fingerprint density at radius 1 is 0.397 bits per heavy atom. The maximum absolute atomic E-state index is 14.7. The maximum atomic E-state index is 14.7. The van der Waals surface area contributed by atoms with E-state index in [1.54, 1.807) is 0 Å². The number of nitrogens with zero attached hydrogens (tertiary/aromatic N) is 4. The molecule has 0 saturated carbocycles. The highest BCUT2D eigenvalue weighted by Crippen LogP contribution is 2.37. The summed E-state index contributed by atoms with van der Waals surface area (Å²) in [4.78, 5) is 172. The topological polar surface area (TPSA) is 290 Å². The summed E-state index contributed by atoms with van der Waals surface area (Å²) in [5.41, 5.74) is 0.639. The average molecular weight is 1090 g/mol. The normalized spacial score (nSPS) is 24.9. The third-order valence-corrected chi connectivity index (χ3v) is 14.6. The van der Waals surface area contributed by atoms with Gasteiger partial charge in [-0.1, -0.05) is 55.4 Å². The summed E-state index contributed by atoms with van der Waals surface area (Å²) in [6.45, 7) is 18.9. The molecule has 8 atom stereocenters. The molecule has 22 nitrogen and oxygen atoms in total. The fraction of sp³-hybridized carbons (Fsp3) is 0.607. The summed E-state index contributed by atoms with van der Waals surface area (Å²) in [5, 5.41) is 16.9. The van der Waals surface area contributed by atoms with Crippen molar-refractivity contribution >= 4 is 81.7 Å². The predicted octanol–water partition coefficient (Wildman–Crippen LogP) is 2.65. The smallest absolute Gasteiger partial charge is 0.261 e. The molecule has 22 heteroatoms. The van der Waals surface area contributed by atoms with Gasteiger partial charge in [-0.25, -0.2) is 0 Å². The minimum absolute atomic E-state index is 0.0848. The molecule has 0 bridgehead atoms. The Morgan fingerprint density at radius 3 is 1.12 bits per heavy atom. The first-order valence-corrected chi connectivity index (χ1v) is 27.1. The molecule has 3 aliphatic heterocycles. The number of hydrogen-bond donors (Lipinski definition) is 6. The number of nitrogens with one attached hydrogen (secondary N) is 6. The van der Waals surface area contributed by atoms with Crippen molar-refractivity contribution in [1.29, 1.82) is 0 Å². The molecule has 0 aliphatic carbocycles. The zero-order chi connectivity index (χ0) is 58.4. The first-order chi connectivity index (χ1) is 36.5. The molecule has 0 spiro atoms. The summed E-state index contributed by atoms with van der Waals surface area (Å²) in [6.07, 6.45) is 0.708. The van der Waals surface area contributed by atoms with Crippen LogP contribution in [0.3, 0.4) is 0 Å². The van der Waals surface area contributed by atoms with Gasteiger partial charge in [-0.05, 0) is 114 Å². The molecule has 1 saturated heterocycles. The number of rotatable bonds is 13. The van der Waals surface area contributed by atoms with E-state index in [0.29, 0.717) is 0 Å². The van der Waals surface area contributed by atoms with Crippen molar-refractivity contribution in [3.05, 3.63) is 46.5 Å². The highest BCUT2D eigenvalue weighted by molar-refractivity contribution is 6.33. The van der Waals surface area contributed by atoms with Gasteiger partial charge in [0.1, 0.15) is 48.3 Å². The highest BCUT2D eigenvalue weighted by Gasteiger charge is 2.41. The van der Waals surface area contributed by atoms with Crippen molar-refractivity contribution in [2.24, 2.45) is 23.7 Å². The molecule has 78 heavy (non-hydrogen) atoms. The summed E-state index contributed by atoms with van der Waals surface area (Å²) in [5.74, 6) is -8.53. The van der Waals surface area contributed by atoms with E-state index >= 15 is 0 Å². The Labute approximate surface area is 456 Å². The Hall–Kier alpha value is -7.26. The van der Waals surface area contributed by atoms with E-state index < -0.39 is 119 Å². The molecule has 1 fully saturated rings. The molecule has 6 N–H and O–H groups in total. The molecule has 0 unspecified atom stereocenters. The Morgan fingerprint density at radius 2 is 0.718 bits per heavy atom. The van der Waals surface area contributed by atoms with Gasteiger partial charge in [-0.3, -0.25) is 67.3 Å². The molecule has 426 valence electrons. The van der Waals surface area contributed by atoms with E-state index in [-0.39, 0.29) is 108 Å². The third-order valence-electron chi connectivity index (χ3n) is 14.6. The summed E-state index contributed by atoms with van der Waals surface area (Å²) in [7, 11) is 4.14. The standard InChI is InChI=1S/C56H80N10O12/c1-27(2)23-39-49(71)57-31(9)45(67)61-41(25-29(5)6)55(77)63(12)33(11)47(69)60-40(24-28(3)4)50(72)58-38(48(70)62-42(26-30(7)8)56(78)64(13)32(10)46(68)59-39)17-15-16-22-66-53(75)36-20-18-34-43-35(52(74)65(14)51(34)73)19-21-37(44(36)43)54(66)76/h18-21,27-33,38-42H,15-17,22-26H2,1-14H3,(H,57,71)(H,58,72)(H,59,68)(H,60,69)(H,61,67)(H,62,70)/t31-,32-,33-,38-,39+,40+,41+,42+/m0/s1.